The fraction of sp³-hybridized carbons (Fsp3) is 0.267. The van der Waals surface area contributed by atoms with E-state index in [1.54, 1.807) is 37.3 Å². The van der Waals surface area contributed by atoms with E-state index < -0.39 is 20.6 Å². The normalized spacial score (nSPS) is 11.3. The lowest BCUT2D eigenvalue weighted by Crippen LogP contribution is -2.26. The summed E-state index contributed by atoms with van der Waals surface area (Å²) in [5, 5.41) is 11.1. The van der Waals surface area contributed by atoms with Gasteiger partial charge in [0.05, 0.1) is 4.92 Å². The molecule has 1 aromatic heterocycles. The zero-order valence-corrected chi connectivity index (χ0v) is 14.4. The largest absolute Gasteiger partial charge is 0.362 e. The van der Waals surface area contributed by atoms with Gasteiger partial charge in [-0.15, -0.1) is 0 Å². The molecule has 1 aromatic carbocycles. The molecule has 0 saturated carbocycles. The highest BCUT2D eigenvalue weighted by Crippen LogP contribution is 2.27. The molecule has 1 heterocycles. The van der Waals surface area contributed by atoms with Crippen LogP contribution in [-0.2, 0) is 16.6 Å². The van der Waals surface area contributed by atoms with Crippen molar-refractivity contribution in [2.24, 2.45) is 0 Å². The minimum Gasteiger partial charge on any atom is -0.362 e. The first-order valence-electron chi connectivity index (χ1n) is 7.09. The second kappa shape index (κ2) is 6.93. The Hall–Kier alpha value is -2.52. The molecule has 0 atom stereocenters. The van der Waals surface area contributed by atoms with Gasteiger partial charge < -0.3 is 4.90 Å². The highest BCUT2D eigenvalue weighted by atomic mass is 32.2. The molecule has 0 unspecified atom stereocenters. The molecule has 8 nitrogen and oxygen atoms in total. The number of rotatable bonds is 6. The van der Waals surface area contributed by atoms with Gasteiger partial charge in [0.15, 0.2) is 4.90 Å². The molecule has 0 radical (unpaired) electrons. The number of pyridine rings is 1. The topological polar surface area (TPSA) is 105 Å². The zero-order valence-electron chi connectivity index (χ0n) is 13.6. The number of aryl methyl sites for hydroxylation is 1. The molecule has 1 N–H and O–H groups in total. The smallest absolute Gasteiger partial charge is 0.289 e. The fourth-order valence-corrected chi connectivity index (χ4v) is 3.75. The lowest BCUT2D eigenvalue weighted by atomic mass is 10.2. The first-order chi connectivity index (χ1) is 11.2. The average Bonchev–Trinajstić information content (AvgIpc) is 2.52. The number of anilines is 1. The summed E-state index contributed by atoms with van der Waals surface area (Å²) in [5.74, 6) is 0.625. The van der Waals surface area contributed by atoms with Crippen LogP contribution in [0.5, 0.6) is 0 Å². The third-order valence-electron chi connectivity index (χ3n) is 3.40. The van der Waals surface area contributed by atoms with E-state index in [0.29, 0.717) is 16.9 Å². The quantitative estimate of drug-likeness (QED) is 0.629. The Kier molecular flexibility index (Phi) is 5.15. The molecule has 0 saturated heterocycles. The predicted octanol–water partition coefficient (Wildman–Crippen LogP) is 1.84. The molecule has 0 amide bonds. The number of nitro benzene ring substituents is 1. The number of sulfonamides is 1. The fourth-order valence-electron chi connectivity index (χ4n) is 2.35. The van der Waals surface area contributed by atoms with Crippen molar-refractivity contribution in [2.45, 2.75) is 18.4 Å². The van der Waals surface area contributed by atoms with Crippen molar-refractivity contribution in [1.29, 1.82) is 0 Å². The Labute approximate surface area is 140 Å². The van der Waals surface area contributed by atoms with Gasteiger partial charge in [0, 0.05) is 38.5 Å². The highest BCUT2D eigenvalue weighted by molar-refractivity contribution is 7.89. The monoisotopic (exact) mass is 350 g/mol. The first kappa shape index (κ1) is 17.8. The zero-order chi connectivity index (χ0) is 17.9. The van der Waals surface area contributed by atoms with E-state index in [4.69, 9.17) is 0 Å². The SMILES string of the molecule is Cc1cccc([N+](=O)[O-])c1S(=O)(=O)NCc1cccnc1N(C)C. The highest BCUT2D eigenvalue weighted by Gasteiger charge is 2.27. The Balaban J connectivity index is 2.36. The molecule has 0 aliphatic carbocycles. The molecule has 0 spiro atoms. The molecule has 24 heavy (non-hydrogen) atoms. The van der Waals surface area contributed by atoms with E-state index in [0.717, 1.165) is 0 Å². The predicted molar refractivity (Wildman–Crippen MR) is 90.4 cm³/mol. The van der Waals surface area contributed by atoms with Crippen LogP contribution < -0.4 is 9.62 Å². The third-order valence-corrected chi connectivity index (χ3v) is 4.99. The van der Waals surface area contributed by atoms with E-state index in [1.165, 1.54) is 25.1 Å². The molecular formula is C15H18N4O4S. The van der Waals surface area contributed by atoms with Crippen LogP contribution in [0.15, 0.2) is 41.4 Å². The van der Waals surface area contributed by atoms with Crippen molar-refractivity contribution in [2.75, 3.05) is 19.0 Å². The van der Waals surface area contributed by atoms with Crippen LogP contribution >= 0.6 is 0 Å². The number of benzene rings is 1. The van der Waals surface area contributed by atoms with Gasteiger partial charge in [0.1, 0.15) is 5.82 Å². The van der Waals surface area contributed by atoms with Gasteiger partial charge in [-0.25, -0.2) is 18.1 Å². The minimum atomic E-state index is -4.05. The lowest BCUT2D eigenvalue weighted by molar-refractivity contribution is -0.387. The Bertz CT molecular complexity index is 866. The molecule has 0 aliphatic rings. The van der Waals surface area contributed by atoms with Gasteiger partial charge in [-0.05, 0) is 18.6 Å². The van der Waals surface area contributed by atoms with Gasteiger partial charge in [0.25, 0.3) is 5.69 Å². The second-order valence-corrected chi connectivity index (χ2v) is 7.09. The summed E-state index contributed by atoms with van der Waals surface area (Å²) in [7, 11) is -0.449. The van der Waals surface area contributed by atoms with Crippen molar-refractivity contribution < 1.29 is 13.3 Å². The summed E-state index contributed by atoms with van der Waals surface area (Å²) in [6, 6.07) is 7.61. The van der Waals surface area contributed by atoms with Crippen LogP contribution in [0.1, 0.15) is 11.1 Å². The van der Waals surface area contributed by atoms with Gasteiger partial charge in [-0.2, -0.15) is 0 Å². The Morgan fingerprint density at radius 1 is 1.25 bits per heavy atom. The van der Waals surface area contributed by atoms with Crippen LogP contribution in [-0.4, -0.2) is 32.4 Å². The van der Waals surface area contributed by atoms with Crippen LogP contribution in [0.4, 0.5) is 11.5 Å². The van der Waals surface area contributed by atoms with Gasteiger partial charge >= 0.3 is 0 Å². The van der Waals surface area contributed by atoms with E-state index in [-0.39, 0.29) is 11.4 Å². The molecule has 128 valence electrons. The van der Waals surface area contributed by atoms with Crippen molar-refractivity contribution in [3.05, 3.63) is 57.8 Å². The molecule has 2 aromatic rings. The van der Waals surface area contributed by atoms with Gasteiger partial charge in [0.2, 0.25) is 10.0 Å². The maximum absolute atomic E-state index is 12.6. The maximum Gasteiger partial charge on any atom is 0.289 e. The molecule has 9 heteroatoms. The number of nitrogens with zero attached hydrogens (tertiary/aromatic N) is 3. The molecule has 0 bridgehead atoms. The summed E-state index contributed by atoms with van der Waals surface area (Å²) >= 11 is 0. The van der Waals surface area contributed by atoms with Crippen molar-refractivity contribution in [1.82, 2.24) is 9.71 Å². The summed E-state index contributed by atoms with van der Waals surface area (Å²) in [4.78, 5) is 16.1. The number of hydrogen-bond donors (Lipinski definition) is 1. The third kappa shape index (κ3) is 3.69. The van der Waals surface area contributed by atoms with Crippen LogP contribution in [0.2, 0.25) is 0 Å². The van der Waals surface area contributed by atoms with Crippen molar-refractivity contribution >= 4 is 21.5 Å². The molecular weight excluding hydrogens is 332 g/mol. The van der Waals surface area contributed by atoms with Crippen LogP contribution in [0.25, 0.3) is 0 Å². The number of nitrogens with one attached hydrogen (secondary N) is 1. The van der Waals surface area contributed by atoms with E-state index in [1.807, 2.05) is 0 Å². The van der Waals surface area contributed by atoms with Crippen LogP contribution in [0.3, 0.4) is 0 Å². The second-order valence-electron chi connectivity index (χ2n) is 5.39. The van der Waals surface area contributed by atoms with Crippen molar-refractivity contribution in [3.8, 4) is 0 Å². The van der Waals surface area contributed by atoms with Crippen LogP contribution in [0, 0.1) is 17.0 Å². The first-order valence-corrected chi connectivity index (χ1v) is 8.57. The Morgan fingerprint density at radius 3 is 2.58 bits per heavy atom. The average molecular weight is 350 g/mol. The number of aromatic nitrogens is 1. The maximum atomic E-state index is 12.6. The summed E-state index contributed by atoms with van der Waals surface area (Å²) in [6.45, 7) is 1.51. The van der Waals surface area contributed by atoms with E-state index in [9.17, 15) is 18.5 Å². The molecule has 2 rings (SSSR count). The minimum absolute atomic E-state index is 0.0187. The van der Waals surface area contributed by atoms with Gasteiger partial charge in [-0.1, -0.05) is 18.2 Å². The number of hydrogen-bond acceptors (Lipinski definition) is 6. The van der Waals surface area contributed by atoms with E-state index >= 15 is 0 Å². The summed E-state index contributed by atoms with van der Waals surface area (Å²) in [6.07, 6.45) is 1.61. The summed E-state index contributed by atoms with van der Waals surface area (Å²) in [5.41, 5.74) is 0.541. The molecule has 0 aliphatic heterocycles. The van der Waals surface area contributed by atoms with E-state index in [2.05, 4.69) is 9.71 Å². The lowest BCUT2D eigenvalue weighted by Gasteiger charge is -2.16. The summed E-state index contributed by atoms with van der Waals surface area (Å²) < 4.78 is 27.6. The number of nitro groups is 1. The van der Waals surface area contributed by atoms with Crippen molar-refractivity contribution in [3.63, 3.8) is 0 Å². The Morgan fingerprint density at radius 2 is 1.96 bits per heavy atom. The standard InChI is InChI=1S/C15H18N4O4S/c1-11-6-4-8-13(19(20)21)14(11)24(22,23)17-10-12-7-5-9-16-15(12)18(2)3/h4-9,17H,10H2,1-3H3. The van der Waals surface area contributed by atoms with Gasteiger partial charge in [-0.3, -0.25) is 10.1 Å². The molecule has 0 fully saturated rings.